The molecule has 4 aliphatic rings. The van der Waals surface area contributed by atoms with E-state index in [0.29, 0.717) is 18.1 Å². The minimum atomic E-state index is -0.621. The van der Waals surface area contributed by atoms with Gasteiger partial charge < -0.3 is 18.9 Å². The number of halogens is 1. The van der Waals surface area contributed by atoms with Crippen molar-refractivity contribution in [3.05, 3.63) is 34.9 Å². The SMILES string of the molecule is CC(=O)O[C@@H]1[C@@H](OC(=O)CCCCl)C=C2CCN3Cc4cc5c(cc4[C@H]1C23)OCO5. The normalized spacial score (nSPS) is 28.4. The first-order valence-electron chi connectivity index (χ1n) is 10.3. The molecule has 1 unspecified atom stereocenters. The molecule has 0 saturated carbocycles. The minimum Gasteiger partial charge on any atom is -0.458 e. The van der Waals surface area contributed by atoms with E-state index in [2.05, 4.69) is 4.90 Å². The Morgan fingerprint density at radius 3 is 2.80 bits per heavy atom. The van der Waals surface area contributed by atoms with E-state index in [-0.39, 0.29) is 31.1 Å². The number of esters is 2. The van der Waals surface area contributed by atoms with Gasteiger partial charge in [-0.1, -0.05) is 5.57 Å². The van der Waals surface area contributed by atoms with Crippen molar-refractivity contribution in [2.75, 3.05) is 19.2 Å². The van der Waals surface area contributed by atoms with Crippen molar-refractivity contribution in [1.82, 2.24) is 4.90 Å². The molecule has 1 aromatic rings. The second-order valence-electron chi connectivity index (χ2n) is 8.16. The zero-order valence-corrected chi connectivity index (χ0v) is 17.5. The molecule has 7 nitrogen and oxygen atoms in total. The average molecular weight is 434 g/mol. The molecule has 8 heteroatoms. The first-order valence-corrected chi connectivity index (χ1v) is 10.9. The molecule has 3 aliphatic heterocycles. The second kappa shape index (κ2) is 7.78. The van der Waals surface area contributed by atoms with Crippen molar-refractivity contribution in [2.45, 2.75) is 56.9 Å². The number of fused-ring (bicyclic) bond motifs is 3. The van der Waals surface area contributed by atoms with E-state index in [1.165, 1.54) is 12.5 Å². The number of nitrogens with zero attached hydrogens (tertiary/aromatic N) is 1. The smallest absolute Gasteiger partial charge is 0.306 e. The maximum absolute atomic E-state index is 12.4. The van der Waals surface area contributed by atoms with Gasteiger partial charge in [0.15, 0.2) is 23.7 Å². The van der Waals surface area contributed by atoms with Crippen molar-refractivity contribution in [3.63, 3.8) is 0 Å². The van der Waals surface area contributed by atoms with Gasteiger partial charge in [0.05, 0.1) is 0 Å². The summed E-state index contributed by atoms with van der Waals surface area (Å²) < 4.78 is 22.8. The monoisotopic (exact) mass is 433 g/mol. The van der Waals surface area contributed by atoms with Gasteiger partial charge in [-0.25, -0.2) is 0 Å². The molecule has 0 aromatic heterocycles. The Labute approximate surface area is 179 Å². The van der Waals surface area contributed by atoms with Crippen molar-refractivity contribution in [2.24, 2.45) is 0 Å². The summed E-state index contributed by atoms with van der Waals surface area (Å²) in [5.74, 6) is 0.981. The topological polar surface area (TPSA) is 74.3 Å². The lowest BCUT2D eigenvalue weighted by Gasteiger charge is -2.46. The number of carbonyl (C=O) groups excluding carboxylic acids is 2. The van der Waals surface area contributed by atoms with E-state index in [1.807, 2.05) is 18.2 Å². The molecule has 0 amide bonds. The van der Waals surface area contributed by atoms with Crippen LogP contribution in [0.1, 0.15) is 43.2 Å². The van der Waals surface area contributed by atoms with Crippen LogP contribution >= 0.6 is 11.6 Å². The number of ether oxygens (including phenoxy) is 4. The highest BCUT2D eigenvalue weighted by atomic mass is 35.5. The number of alkyl halides is 1. The Hall–Kier alpha value is -2.25. The van der Waals surface area contributed by atoms with Gasteiger partial charge >= 0.3 is 11.9 Å². The van der Waals surface area contributed by atoms with Crippen LogP contribution in [0.3, 0.4) is 0 Å². The fraction of sp³-hybridized carbons (Fsp3) is 0.545. The lowest BCUT2D eigenvalue weighted by molar-refractivity contribution is -0.167. The van der Waals surface area contributed by atoms with Crippen molar-refractivity contribution in [3.8, 4) is 11.5 Å². The maximum atomic E-state index is 12.4. The maximum Gasteiger partial charge on any atom is 0.306 e. The molecule has 4 atom stereocenters. The molecular formula is C22H24ClNO6. The molecule has 160 valence electrons. The Bertz CT molecular complexity index is 915. The fourth-order valence-electron chi connectivity index (χ4n) is 5.17. The molecule has 1 aliphatic carbocycles. The van der Waals surface area contributed by atoms with E-state index in [0.717, 1.165) is 36.4 Å². The van der Waals surface area contributed by atoms with Crippen LogP contribution in [0.15, 0.2) is 23.8 Å². The van der Waals surface area contributed by atoms with Gasteiger partial charge in [0, 0.05) is 44.3 Å². The molecule has 1 fully saturated rings. The molecule has 3 heterocycles. The van der Waals surface area contributed by atoms with Gasteiger partial charge in [-0.2, -0.15) is 0 Å². The van der Waals surface area contributed by atoms with Crippen molar-refractivity contribution >= 4 is 23.5 Å². The van der Waals surface area contributed by atoms with Gasteiger partial charge in [-0.15, -0.1) is 11.6 Å². The summed E-state index contributed by atoms with van der Waals surface area (Å²) in [4.78, 5) is 26.8. The van der Waals surface area contributed by atoms with E-state index < -0.39 is 18.2 Å². The molecule has 30 heavy (non-hydrogen) atoms. The lowest BCUT2D eigenvalue weighted by Crippen LogP contribution is -2.52. The fourth-order valence-corrected chi connectivity index (χ4v) is 5.30. The first-order chi connectivity index (χ1) is 14.5. The predicted molar refractivity (Wildman–Crippen MR) is 108 cm³/mol. The highest BCUT2D eigenvalue weighted by Gasteiger charge is 2.52. The number of hydrogen-bond acceptors (Lipinski definition) is 7. The summed E-state index contributed by atoms with van der Waals surface area (Å²) in [6.07, 6.45) is 2.47. The van der Waals surface area contributed by atoms with Gasteiger partial charge in [0.25, 0.3) is 0 Å². The number of benzene rings is 1. The quantitative estimate of drug-likeness (QED) is 0.401. The second-order valence-corrected chi connectivity index (χ2v) is 8.54. The molecule has 0 spiro atoms. The average Bonchev–Trinajstić information content (AvgIpc) is 3.33. The molecule has 0 radical (unpaired) electrons. The molecule has 0 N–H and O–H groups in total. The Morgan fingerprint density at radius 2 is 2.03 bits per heavy atom. The van der Waals surface area contributed by atoms with E-state index in [9.17, 15) is 9.59 Å². The molecule has 0 bridgehead atoms. The van der Waals surface area contributed by atoms with Crippen molar-refractivity contribution in [1.29, 1.82) is 0 Å². The van der Waals surface area contributed by atoms with Crippen molar-refractivity contribution < 1.29 is 28.5 Å². The zero-order chi connectivity index (χ0) is 20.8. The number of hydrogen-bond donors (Lipinski definition) is 0. The number of carbonyl (C=O) groups is 2. The van der Waals surface area contributed by atoms with Gasteiger partial charge in [-0.05, 0) is 42.2 Å². The summed E-state index contributed by atoms with van der Waals surface area (Å²) in [6, 6.07) is 4.15. The minimum absolute atomic E-state index is 0.125. The van der Waals surface area contributed by atoms with E-state index in [4.69, 9.17) is 30.5 Å². The highest BCUT2D eigenvalue weighted by molar-refractivity contribution is 6.17. The molecule has 5 rings (SSSR count). The van der Waals surface area contributed by atoms with E-state index >= 15 is 0 Å². The van der Waals surface area contributed by atoms with Gasteiger partial charge in [0.1, 0.15) is 0 Å². The predicted octanol–water partition coefficient (Wildman–Crippen LogP) is 2.89. The van der Waals surface area contributed by atoms with Crippen LogP contribution in [-0.2, 0) is 25.6 Å². The summed E-state index contributed by atoms with van der Waals surface area (Å²) >= 11 is 5.71. The summed E-state index contributed by atoms with van der Waals surface area (Å²) in [5, 5.41) is 0. The molecular weight excluding hydrogens is 410 g/mol. The third kappa shape index (κ3) is 3.34. The highest BCUT2D eigenvalue weighted by Crippen LogP contribution is 2.50. The largest absolute Gasteiger partial charge is 0.458 e. The zero-order valence-electron chi connectivity index (χ0n) is 16.8. The Balaban J connectivity index is 1.55. The summed E-state index contributed by atoms with van der Waals surface area (Å²) in [5.41, 5.74) is 3.44. The molecule has 1 saturated heterocycles. The van der Waals surface area contributed by atoms with Gasteiger partial charge in [0.2, 0.25) is 6.79 Å². The van der Waals surface area contributed by atoms with Gasteiger partial charge in [-0.3, -0.25) is 14.5 Å². The Kier molecular flexibility index (Phi) is 5.11. The van der Waals surface area contributed by atoms with Crippen LogP contribution in [0.5, 0.6) is 11.5 Å². The standard InChI is InChI=1S/C22H24ClNO6/c1-12(25)29-22-18(30-19(26)3-2-5-23)7-13-4-6-24-10-14-8-16-17(28-11-27-16)9-15(14)20(22)21(13)24/h7-9,18,20-22H,2-6,10-11H2,1H3/t18-,20-,21?,22+/m0/s1. The van der Waals surface area contributed by atoms with Crippen LogP contribution in [0.4, 0.5) is 0 Å². The lowest BCUT2D eigenvalue weighted by atomic mass is 9.73. The Morgan fingerprint density at radius 1 is 1.23 bits per heavy atom. The van der Waals surface area contributed by atoms with Crippen LogP contribution in [-0.4, -0.2) is 54.3 Å². The van der Waals surface area contributed by atoms with Crippen LogP contribution in [0.25, 0.3) is 0 Å². The molecule has 1 aromatic carbocycles. The van der Waals surface area contributed by atoms with E-state index in [1.54, 1.807) is 0 Å². The third-order valence-corrected chi connectivity index (χ3v) is 6.58. The van der Waals surface area contributed by atoms with Crippen LogP contribution in [0.2, 0.25) is 0 Å². The summed E-state index contributed by atoms with van der Waals surface area (Å²) in [6.45, 7) is 3.31. The summed E-state index contributed by atoms with van der Waals surface area (Å²) in [7, 11) is 0. The van der Waals surface area contributed by atoms with Crippen LogP contribution in [0, 0.1) is 0 Å². The third-order valence-electron chi connectivity index (χ3n) is 6.31. The van der Waals surface area contributed by atoms with Crippen LogP contribution < -0.4 is 9.47 Å². The number of rotatable bonds is 5. The first kappa shape index (κ1) is 19.7.